The summed E-state index contributed by atoms with van der Waals surface area (Å²) < 4.78 is 2.33. The number of nitrogens with two attached hydrogens (primary N) is 1. The maximum atomic E-state index is 6.26. The first-order valence-electron chi connectivity index (χ1n) is 5.63. The van der Waals surface area contributed by atoms with Gasteiger partial charge in [-0.25, -0.2) is 0 Å². The van der Waals surface area contributed by atoms with Crippen molar-refractivity contribution in [3.05, 3.63) is 19.2 Å². The lowest BCUT2D eigenvalue weighted by molar-refractivity contribution is 0.240. The van der Waals surface area contributed by atoms with Crippen molar-refractivity contribution in [1.82, 2.24) is 4.90 Å². The Morgan fingerprint density at radius 2 is 2.06 bits per heavy atom. The number of nitrogens with zero attached hydrogens (tertiary/aromatic N) is 1. The number of thiophene rings is 1. The average molecular weight is 366 g/mol. The third-order valence-electron chi connectivity index (χ3n) is 3.46. The molecule has 0 spiro atoms. The van der Waals surface area contributed by atoms with Gasteiger partial charge in [0.25, 0.3) is 0 Å². The molecular formula is C11H14Br2N2S. The largest absolute Gasteiger partial charge is 0.326 e. The Balaban J connectivity index is 1.90. The highest BCUT2D eigenvalue weighted by Crippen LogP contribution is 2.45. The predicted octanol–water partition coefficient (Wildman–Crippen LogP) is 3.51. The zero-order chi connectivity index (χ0) is 11.3. The van der Waals surface area contributed by atoms with Gasteiger partial charge >= 0.3 is 0 Å². The van der Waals surface area contributed by atoms with E-state index in [0.29, 0.717) is 12.1 Å². The highest BCUT2D eigenvalue weighted by molar-refractivity contribution is 9.13. The number of hydrogen-bond acceptors (Lipinski definition) is 3. The first-order valence-corrected chi connectivity index (χ1v) is 8.03. The average Bonchev–Trinajstić information content (AvgIpc) is 2.94. The normalized spacial score (nSPS) is 31.2. The lowest BCUT2D eigenvalue weighted by Crippen LogP contribution is -2.32. The highest BCUT2D eigenvalue weighted by atomic mass is 79.9. The van der Waals surface area contributed by atoms with Gasteiger partial charge in [-0.2, -0.15) is 0 Å². The zero-order valence-corrected chi connectivity index (χ0v) is 12.8. The topological polar surface area (TPSA) is 29.3 Å². The molecule has 0 bridgehead atoms. The first-order chi connectivity index (χ1) is 7.66. The van der Waals surface area contributed by atoms with E-state index >= 15 is 0 Å². The van der Waals surface area contributed by atoms with Crippen molar-refractivity contribution in [2.45, 2.75) is 37.4 Å². The van der Waals surface area contributed by atoms with Crippen molar-refractivity contribution in [3.63, 3.8) is 0 Å². The van der Waals surface area contributed by atoms with Gasteiger partial charge in [-0.05, 0) is 57.2 Å². The van der Waals surface area contributed by atoms with Gasteiger partial charge in [0.2, 0.25) is 0 Å². The minimum atomic E-state index is 0.304. The van der Waals surface area contributed by atoms with E-state index in [4.69, 9.17) is 5.73 Å². The summed E-state index contributed by atoms with van der Waals surface area (Å²) in [5, 5.41) is 0. The van der Waals surface area contributed by atoms with Crippen LogP contribution in [0.5, 0.6) is 0 Å². The summed E-state index contributed by atoms with van der Waals surface area (Å²) in [5.74, 6) is 0. The van der Waals surface area contributed by atoms with E-state index in [1.165, 1.54) is 28.0 Å². The van der Waals surface area contributed by atoms with Crippen LogP contribution in [0.2, 0.25) is 0 Å². The Labute approximate surface area is 116 Å². The Kier molecular flexibility index (Phi) is 3.17. The minimum absolute atomic E-state index is 0.304. The predicted molar refractivity (Wildman–Crippen MR) is 74.8 cm³/mol. The molecule has 2 N–H and O–H groups in total. The lowest BCUT2D eigenvalue weighted by Gasteiger charge is -2.25. The van der Waals surface area contributed by atoms with E-state index in [2.05, 4.69) is 42.8 Å². The monoisotopic (exact) mass is 364 g/mol. The quantitative estimate of drug-likeness (QED) is 0.868. The van der Waals surface area contributed by atoms with Crippen LogP contribution in [0.15, 0.2) is 14.3 Å². The van der Waals surface area contributed by atoms with Crippen LogP contribution in [0.1, 0.15) is 30.2 Å². The van der Waals surface area contributed by atoms with E-state index in [-0.39, 0.29) is 0 Å². The number of likely N-dealkylation sites (tertiary alicyclic amines) is 1. The fourth-order valence-electron chi connectivity index (χ4n) is 2.54. The molecule has 2 unspecified atom stereocenters. The molecule has 0 radical (unpaired) electrons. The van der Waals surface area contributed by atoms with Crippen molar-refractivity contribution in [3.8, 4) is 0 Å². The summed E-state index contributed by atoms with van der Waals surface area (Å²) in [4.78, 5) is 4.01. The zero-order valence-electron chi connectivity index (χ0n) is 8.83. The van der Waals surface area contributed by atoms with Gasteiger partial charge in [0.15, 0.2) is 0 Å². The summed E-state index contributed by atoms with van der Waals surface area (Å²) in [5.41, 5.74) is 6.26. The number of rotatable bonds is 2. The van der Waals surface area contributed by atoms with Gasteiger partial charge in [0.05, 0.1) is 9.83 Å². The molecule has 1 aromatic heterocycles. The Bertz CT molecular complexity index is 383. The van der Waals surface area contributed by atoms with Crippen molar-refractivity contribution in [2.75, 3.05) is 6.54 Å². The molecule has 0 aromatic carbocycles. The molecule has 1 saturated heterocycles. The van der Waals surface area contributed by atoms with Gasteiger partial charge in [-0.3, -0.25) is 4.90 Å². The molecular weight excluding hydrogens is 352 g/mol. The second-order valence-corrected chi connectivity index (χ2v) is 7.89. The molecule has 1 aliphatic carbocycles. The van der Waals surface area contributed by atoms with Crippen LogP contribution in [-0.2, 0) is 0 Å². The molecule has 2 aliphatic rings. The van der Waals surface area contributed by atoms with Crippen molar-refractivity contribution >= 4 is 43.2 Å². The second-order valence-electron chi connectivity index (χ2n) is 4.64. The van der Waals surface area contributed by atoms with Gasteiger partial charge in [-0.1, -0.05) is 0 Å². The van der Waals surface area contributed by atoms with Crippen LogP contribution >= 0.6 is 43.2 Å². The highest BCUT2D eigenvalue weighted by Gasteiger charge is 2.42. The smallest absolute Gasteiger partial charge is 0.0843 e. The molecule has 1 saturated carbocycles. The molecule has 2 fully saturated rings. The molecule has 1 aromatic rings. The van der Waals surface area contributed by atoms with Crippen molar-refractivity contribution < 1.29 is 0 Å². The van der Waals surface area contributed by atoms with Gasteiger partial charge in [0.1, 0.15) is 0 Å². The molecule has 0 amide bonds. The van der Waals surface area contributed by atoms with E-state index < -0.39 is 0 Å². The Morgan fingerprint density at radius 1 is 1.31 bits per heavy atom. The molecule has 88 valence electrons. The van der Waals surface area contributed by atoms with Crippen LogP contribution < -0.4 is 5.73 Å². The summed E-state index contributed by atoms with van der Waals surface area (Å²) in [6, 6.07) is 3.77. The number of halogens is 2. The SMILES string of the molecule is NC1CCN(C2CC2)C1c1cc(Br)c(Br)s1. The van der Waals surface area contributed by atoms with E-state index in [9.17, 15) is 0 Å². The molecule has 2 nitrogen and oxygen atoms in total. The number of hydrogen-bond donors (Lipinski definition) is 1. The Hall–Kier alpha value is 0.580. The molecule has 5 heteroatoms. The molecule has 16 heavy (non-hydrogen) atoms. The standard InChI is InChI=1S/C11H14Br2N2S/c12-7-5-9(16-11(7)13)10-8(14)3-4-15(10)6-1-2-6/h5-6,8,10H,1-4,14H2. The maximum Gasteiger partial charge on any atom is 0.0843 e. The third-order valence-corrected chi connectivity index (χ3v) is 6.78. The van der Waals surface area contributed by atoms with Crippen molar-refractivity contribution in [1.29, 1.82) is 0 Å². The van der Waals surface area contributed by atoms with Crippen LogP contribution in [0, 0.1) is 0 Å². The van der Waals surface area contributed by atoms with Crippen LogP contribution in [0.25, 0.3) is 0 Å². The van der Waals surface area contributed by atoms with Crippen LogP contribution in [0.4, 0.5) is 0 Å². The summed E-state index contributed by atoms with van der Waals surface area (Å²) in [6.07, 6.45) is 3.85. The molecule has 2 heterocycles. The second kappa shape index (κ2) is 4.35. The van der Waals surface area contributed by atoms with Crippen molar-refractivity contribution in [2.24, 2.45) is 5.73 Å². The van der Waals surface area contributed by atoms with Gasteiger partial charge in [0, 0.05) is 28.0 Å². The lowest BCUT2D eigenvalue weighted by atomic mass is 10.1. The maximum absolute atomic E-state index is 6.26. The summed E-state index contributed by atoms with van der Waals surface area (Å²) in [6.45, 7) is 1.17. The molecule has 1 aliphatic heterocycles. The van der Waals surface area contributed by atoms with E-state index in [0.717, 1.165) is 16.9 Å². The summed E-state index contributed by atoms with van der Waals surface area (Å²) >= 11 is 8.94. The van der Waals surface area contributed by atoms with Crippen LogP contribution in [-0.4, -0.2) is 23.5 Å². The van der Waals surface area contributed by atoms with Gasteiger partial charge < -0.3 is 5.73 Å². The van der Waals surface area contributed by atoms with Gasteiger partial charge in [-0.15, -0.1) is 11.3 Å². The molecule has 2 atom stereocenters. The van der Waals surface area contributed by atoms with Crippen LogP contribution in [0.3, 0.4) is 0 Å². The van der Waals surface area contributed by atoms with E-state index in [1.807, 2.05) is 11.3 Å². The summed E-state index contributed by atoms with van der Waals surface area (Å²) in [7, 11) is 0. The third kappa shape index (κ3) is 2.01. The fraction of sp³-hybridized carbons (Fsp3) is 0.636. The minimum Gasteiger partial charge on any atom is -0.326 e. The van der Waals surface area contributed by atoms with E-state index in [1.54, 1.807) is 0 Å². The first kappa shape index (κ1) is 11.7. The molecule has 3 rings (SSSR count). The Morgan fingerprint density at radius 3 is 2.62 bits per heavy atom. The fourth-order valence-corrected chi connectivity index (χ4v) is 4.83.